The zero-order valence-electron chi connectivity index (χ0n) is 69.2. The van der Waals surface area contributed by atoms with E-state index in [2.05, 4.69) is 76.2 Å². The number of thiophene rings is 3. The highest BCUT2D eigenvalue weighted by atomic mass is 35.5. The Hall–Kier alpha value is -8.08. The van der Waals surface area contributed by atoms with Gasteiger partial charge in [0.1, 0.15) is 67.0 Å². The first kappa shape index (κ1) is 92.1. The molecule has 0 saturated heterocycles. The average molecular weight is 1770 g/mol. The van der Waals surface area contributed by atoms with Crippen LogP contribution in [0.1, 0.15) is 217 Å². The van der Waals surface area contributed by atoms with Gasteiger partial charge in [-0.25, -0.2) is 29.9 Å². The zero-order valence-corrected chi connectivity index (χ0v) is 73.0. The Morgan fingerprint density at radius 2 is 0.851 bits per heavy atom. The van der Waals surface area contributed by atoms with E-state index in [9.17, 15) is 48.6 Å². The van der Waals surface area contributed by atoms with Crippen molar-refractivity contribution in [1.82, 2.24) is 40.4 Å². The summed E-state index contributed by atoms with van der Waals surface area (Å²) < 4.78 is 45.5. The second-order valence-electron chi connectivity index (χ2n) is 31.1. The Bertz CT molecular complexity index is 4920. The van der Waals surface area contributed by atoms with E-state index in [0.29, 0.717) is 109 Å². The molecule has 0 amide bonds. The maximum atomic E-state index is 13.8. The van der Waals surface area contributed by atoms with Crippen molar-refractivity contribution in [2.24, 2.45) is 17.8 Å². The second-order valence-corrected chi connectivity index (χ2v) is 36.2. The number of nitrogens with one attached hydrogen (secondary N) is 5. The summed E-state index contributed by atoms with van der Waals surface area (Å²) in [7, 11) is -2.67. The van der Waals surface area contributed by atoms with E-state index < -0.39 is 51.4 Å². The largest absolute Gasteiger partial charge is 0.461 e. The van der Waals surface area contributed by atoms with Crippen LogP contribution in [0.4, 0.5) is 21.8 Å². The summed E-state index contributed by atoms with van der Waals surface area (Å²) in [5.41, 5.74) is 10.8. The van der Waals surface area contributed by atoms with Crippen LogP contribution >= 0.6 is 68.8 Å². The van der Waals surface area contributed by atoms with Crippen LogP contribution in [0.25, 0.3) is 0 Å². The number of rotatable bonds is 26. The topological polar surface area (TPSA) is 350 Å². The van der Waals surface area contributed by atoms with Crippen LogP contribution in [0.15, 0.2) is 110 Å². The van der Waals surface area contributed by atoms with Gasteiger partial charge in [0.25, 0.3) is 0 Å². The highest BCUT2D eigenvalue weighted by Gasteiger charge is 2.42. The molecule has 0 unspecified atom stereocenters. The number of aromatic nitrogens is 6. The van der Waals surface area contributed by atoms with E-state index in [4.69, 9.17) is 59.9 Å². The number of aryl methyl sites for hydroxylation is 3. The predicted molar refractivity (Wildman–Crippen MR) is 473 cm³/mol. The Labute approximate surface area is 734 Å². The van der Waals surface area contributed by atoms with E-state index in [0.717, 1.165) is 93.0 Å². The number of benzene rings is 3. The molecule has 34 heteroatoms. The zero-order chi connectivity index (χ0) is 86.5. The van der Waals surface area contributed by atoms with Gasteiger partial charge in [-0.15, -0.1) is 34.0 Å². The number of carbonyl (C=O) groups excluding carboxylic acids is 5. The summed E-state index contributed by atoms with van der Waals surface area (Å²) in [6, 6.07) is 21.9. The van der Waals surface area contributed by atoms with Crippen molar-refractivity contribution in [3.8, 4) is 0 Å². The lowest BCUT2D eigenvalue weighted by molar-refractivity contribution is -0.153. The summed E-state index contributed by atoms with van der Waals surface area (Å²) in [5, 5.41) is 56.9. The molecule has 644 valence electrons. The minimum absolute atomic E-state index is 0. The van der Waals surface area contributed by atoms with Gasteiger partial charge in [-0.05, 0) is 216 Å². The molecule has 3 aliphatic carbocycles. The minimum Gasteiger partial charge on any atom is -0.461 e. The van der Waals surface area contributed by atoms with Gasteiger partial charge >= 0.3 is 26.0 Å². The first-order chi connectivity index (χ1) is 58.1. The van der Waals surface area contributed by atoms with Crippen LogP contribution < -0.4 is 26.4 Å². The number of anilines is 3. The van der Waals surface area contributed by atoms with Crippen LogP contribution in [0, 0.1) is 38.5 Å². The monoisotopic (exact) mass is 1770 g/mol. The first-order valence-electron chi connectivity index (χ1n) is 41.1. The van der Waals surface area contributed by atoms with Gasteiger partial charge in [0.05, 0.1) is 77.9 Å². The Morgan fingerprint density at radius 3 is 1.17 bits per heavy atom. The normalized spacial score (nSPS) is 22.4. The van der Waals surface area contributed by atoms with Gasteiger partial charge in [0, 0.05) is 91.8 Å². The Kier molecular flexibility index (Phi) is 32.7. The molecule has 9 N–H and O–H groups in total. The van der Waals surface area contributed by atoms with Gasteiger partial charge in [-0.2, -0.15) is 0 Å². The van der Waals surface area contributed by atoms with Crippen LogP contribution in [0.3, 0.4) is 0 Å². The second kappa shape index (κ2) is 43.0. The average Bonchev–Trinajstić information content (AvgIpc) is 1.67. The van der Waals surface area contributed by atoms with Gasteiger partial charge in [-0.1, -0.05) is 80.7 Å². The van der Waals surface area contributed by atoms with Crippen molar-refractivity contribution in [3.05, 3.63) is 221 Å². The molecule has 3 aliphatic heterocycles. The molecule has 0 spiro atoms. The number of hydrogen-bond acceptors (Lipinski definition) is 28. The summed E-state index contributed by atoms with van der Waals surface area (Å²) >= 11 is 23.2. The smallest absolute Gasteiger partial charge is 0.374 e. The summed E-state index contributed by atoms with van der Waals surface area (Å²) in [6.07, 6.45) is 15.0. The van der Waals surface area contributed by atoms with Gasteiger partial charge in [-0.3, -0.25) is 28.4 Å². The van der Waals surface area contributed by atoms with Gasteiger partial charge in [0.2, 0.25) is 17.3 Å². The molecule has 6 aliphatic rings. The van der Waals surface area contributed by atoms with Crippen molar-refractivity contribution in [3.63, 3.8) is 0 Å². The molecule has 9 heterocycles. The van der Waals surface area contributed by atoms with Crippen LogP contribution in [-0.4, -0.2) is 176 Å². The lowest BCUT2D eigenvalue weighted by Crippen LogP contribution is -2.45. The lowest BCUT2D eigenvalue weighted by Gasteiger charge is -2.26. The van der Waals surface area contributed by atoms with Gasteiger partial charge in [0.15, 0.2) is 0 Å². The van der Waals surface area contributed by atoms with E-state index in [1.165, 1.54) is 82.7 Å². The molecule has 121 heavy (non-hydrogen) atoms. The molecule has 25 nitrogen and oxygen atoms in total. The SMILES string of the molecule is C.CB(O)N[C@@H](C)C(=O)O[C@H]1C[C@H](Nc2ncncc2C(=O)c2cc([C@@H]3OCCc4ccc(Cl)cc43)c(C)s2)C[C@@H]1CO.CC[C@H]1C[C@@H](Nc2ncncc2C(=O)c2cc([C@@H]3OCCc4ccc(Cl)cc43)c(C)s2)C[C@@H]1O.CC[C@H]1C[C@@H](Nc2ncncc2C(=O)c2cc([C@@H]3OCCc4ccc(Cl)cc43)c(C)s2)C[C@@H]1OC(=O)[C@H](C)NB(C)O.[2H]CF. The number of aliphatic hydroxyl groups is 2. The van der Waals surface area contributed by atoms with Crippen LogP contribution in [0.2, 0.25) is 28.7 Å². The molecule has 9 aromatic rings. The van der Waals surface area contributed by atoms with Gasteiger partial charge < -0.3 is 70.4 Å². The maximum absolute atomic E-state index is 13.8. The number of alkyl halides is 1. The number of nitrogens with zero attached hydrogens (tertiary/aromatic N) is 6. The summed E-state index contributed by atoms with van der Waals surface area (Å²) in [5.74, 6) is 0.137. The first-order valence-corrected chi connectivity index (χ1v) is 44.0. The van der Waals surface area contributed by atoms with Crippen molar-refractivity contribution in [1.29, 1.82) is 0 Å². The molecule has 15 rings (SSSR count). The third-order valence-corrected chi connectivity index (χ3v) is 26.7. The number of esters is 2. The fourth-order valence-corrected chi connectivity index (χ4v) is 20.3. The number of carbonyl (C=O) groups is 5. The number of halogens is 4. The molecule has 0 bridgehead atoms. The quantitative estimate of drug-likeness (QED) is 0.0138. The third-order valence-electron chi connectivity index (χ3n) is 22.8. The molecular formula is C87H105B2Cl3FN11O14S3. The highest BCUT2D eigenvalue weighted by Crippen LogP contribution is 2.45. The maximum Gasteiger partial charge on any atom is 0.374 e. The number of fused-ring (bicyclic) bond motifs is 3. The van der Waals surface area contributed by atoms with Crippen molar-refractivity contribution in [2.75, 3.05) is 49.5 Å². The lowest BCUT2D eigenvalue weighted by atomic mass is 9.87. The standard InChI is InChI=1S/C30H36BClN4O5S.C29H34BClN4O6S.C26H28ClN3O3S.CH3F.CH4/c1-5-18-10-21(12-25(18)41-30(38)16(2)36-31(4)39)35-29-24(14-33-15-34-29)27(37)26-13-22(17(3)42-26)28-23-11-20(32)7-6-19(23)8-9-40-28;1-15(35-30(3)39)29(38)41-24-10-20(8-18(24)13-36)34-28-23(12-32-14-33-28)26(37)25-11-21(16(2)42-25)27-22-9-19(31)5-4-17(22)6-7-40-27;1-3-15-8-18(10-22(15)31)30-26-21(12-28-13-29-26)24(32)23-11-19(14(2)34-23)25-20-9-17(27)5-4-16(20)6-7-33-25;1-2;/h6-7,11,13-16,18,21,25,28,36,39H,5,8-10,12H2,1-4H3,(H,33,34,35);4-5,9,11-12,14-15,18,20,24,27,35-36,39H,6-8,10,13H2,1-3H3,(H,32,33,34);4-5,9,11-13,15,18,22,25,31H,3,6-8,10H2,1-2H3,(H,28,29,30);1H3;1H4/t16-,18-,21+,25-,28-;15-,18+,20+,24-,27-;15-,18+,22-,25-;;/m000../s1/i;;;1D;. The Balaban J connectivity index is 0.000000176. The van der Waals surface area contributed by atoms with E-state index >= 15 is 0 Å². The molecule has 0 radical (unpaired) electrons. The molecule has 3 fully saturated rings. The third kappa shape index (κ3) is 22.7. The van der Waals surface area contributed by atoms with Crippen molar-refractivity contribution in [2.45, 2.75) is 207 Å². The Morgan fingerprint density at radius 1 is 0.529 bits per heavy atom. The molecular weight excluding hydrogens is 1670 g/mol. The molecule has 6 aromatic heterocycles. The highest BCUT2D eigenvalue weighted by molar-refractivity contribution is 7.15. The van der Waals surface area contributed by atoms with E-state index in [-0.39, 0.29) is 97.8 Å². The number of ketones is 3. The predicted octanol–water partition coefficient (Wildman–Crippen LogP) is 15.1. The van der Waals surface area contributed by atoms with E-state index in [1.807, 2.05) is 87.5 Å². The molecule has 14 atom stereocenters. The molecule has 3 aromatic carbocycles. The van der Waals surface area contributed by atoms with E-state index in [1.54, 1.807) is 33.1 Å². The van der Waals surface area contributed by atoms with Crippen molar-refractivity contribution < 1.29 is 73.7 Å². The minimum atomic E-state index is -1.00. The molecule has 3 saturated carbocycles. The summed E-state index contributed by atoms with van der Waals surface area (Å²) in [6.45, 7) is 18.2. The number of hydrogen-bond donors (Lipinski definition) is 9. The van der Waals surface area contributed by atoms with Crippen LogP contribution in [0.5, 0.6) is 0 Å². The summed E-state index contributed by atoms with van der Waals surface area (Å²) in [4.78, 5) is 96.6. The number of aliphatic hydroxyl groups excluding tert-OH is 2. The fraction of sp³-hybridized carbons (Fsp3) is 0.460. The fourth-order valence-electron chi connectivity index (χ4n) is 16.8. The number of ether oxygens (including phenoxy) is 5. The van der Waals surface area contributed by atoms with Crippen LogP contribution in [-0.2, 0) is 52.5 Å². The van der Waals surface area contributed by atoms with Crippen molar-refractivity contribution >= 4 is 130 Å².